The molecule has 0 aromatic heterocycles. The highest BCUT2D eigenvalue weighted by Gasteiger charge is 2.60. The van der Waals surface area contributed by atoms with Crippen molar-refractivity contribution in [2.75, 3.05) is 13.1 Å². The molecule has 1 aromatic carbocycles. The van der Waals surface area contributed by atoms with Gasteiger partial charge in [0.15, 0.2) is 0 Å². The Morgan fingerprint density at radius 3 is 2.62 bits per heavy atom. The van der Waals surface area contributed by atoms with Crippen LogP contribution in [0.5, 0.6) is 0 Å². The quantitative estimate of drug-likeness (QED) is 0.747. The van der Waals surface area contributed by atoms with Gasteiger partial charge in [0.1, 0.15) is 23.1 Å². The summed E-state index contributed by atoms with van der Waals surface area (Å²) in [7, 11) is 0. The number of carbonyl (C=O) groups excluding carboxylic acids is 1. The lowest BCUT2D eigenvalue weighted by molar-refractivity contribution is 0.0217. The Balaban J connectivity index is 1.65. The first kappa shape index (κ1) is 14.3. The molecule has 0 radical (unpaired) electrons. The number of carbonyl (C=O) groups is 1. The maximum atomic E-state index is 13.0. The number of halogens is 1. The van der Waals surface area contributed by atoms with Crippen LogP contribution in [-0.4, -0.2) is 35.8 Å². The van der Waals surface area contributed by atoms with Crippen molar-refractivity contribution in [2.45, 2.75) is 44.5 Å². The summed E-state index contributed by atoms with van der Waals surface area (Å²) in [5.41, 5.74) is 0.150. The molecule has 2 saturated heterocycles. The number of benzene rings is 1. The molecule has 5 heteroatoms. The molecule has 0 bridgehead atoms. The van der Waals surface area contributed by atoms with Gasteiger partial charge in [-0.1, -0.05) is 12.1 Å². The van der Waals surface area contributed by atoms with Crippen LogP contribution in [0.25, 0.3) is 0 Å². The molecule has 21 heavy (non-hydrogen) atoms. The first-order valence-corrected chi connectivity index (χ1v) is 7.22. The monoisotopic (exact) mass is 293 g/mol. The third-order valence-corrected chi connectivity index (χ3v) is 3.94. The average molecular weight is 293 g/mol. The number of fused-ring (bicyclic) bond motifs is 1. The zero-order valence-electron chi connectivity index (χ0n) is 12.6. The van der Waals surface area contributed by atoms with Crippen LogP contribution in [0.3, 0.4) is 0 Å². The number of rotatable bonds is 1. The highest BCUT2D eigenvalue weighted by atomic mass is 19.1. The molecule has 0 spiro atoms. The molecule has 0 aliphatic carbocycles. The first-order chi connectivity index (χ1) is 9.80. The van der Waals surface area contributed by atoms with E-state index in [4.69, 9.17) is 9.47 Å². The van der Waals surface area contributed by atoms with E-state index < -0.39 is 5.60 Å². The molecule has 0 N–H and O–H groups in total. The van der Waals surface area contributed by atoms with Crippen molar-refractivity contribution >= 4 is 6.09 Å². The minimum Gasteiger partial charge on any atom is -0.444 e. The van der Waals surface area contributed by atoms with Crippen LogP contribution in [-0.2, 0) is 15.1 Å². The van der Waals surface area contributed by atoms with Gasteiger partial charge >= 0.3 is 6.09 Å². The molecule has 2 heterocycles. The number of ether oxygens (including phenoxy) is 2. The van der Waals surface area contributed by atoms with Gasteiger partial charge in [-0.15, -0.1) is 0 Å². The molecule has 114 valence electrons. The molecule has 2 aliphatic heterocycles. The summed E-state index contributed by atoms with van der Waals surface area (Å²) >= 11 is 0. The van der Waals surface area contributed by atoms with Crippen molar-refractivity contribution in [1.82, 2.24) is 4.90 Å². The van der Waals surface area contributed by atoms with Crippen LogP contribution in [0, 0.1) is 5.82 Å². The van der Waals surface area contributed by atoms with E-state index in [1.165, 1.54) is 12.1 Å². The Bertz CT molecular complexity index is 552. The summed E-state index contributed by atoms with van der Waals surface area (Å²) < 4.78 is 24.2. The molecule has 1 aromatic rings. The largest absolute Gasteiger partial charge is 0.444 e. The molecule has 2 aliphatic rings. The van der Waals surface area contributed by atoms with Gasteiger partial charge in [-0.25, -0.2) is 9.18 Å². The van der Waals surface area contributed by atoms with Crippen molar-refractivity contribution in [2.24, 2.45) is 0 Å². The molecule has 2 atom stereocenters. The van der Waals surface area contributed by atoms with E-state index in [1.807, 2.05) is 20.8 Å². The fraction of sp³-hybridized carbons (Fsp3) is 0.562. The topological polar surface area (TPSA) is 42.1 Å². The van der Waals surface area contributed by atoms with Crippen molar-refractivity contribution in [3.05, 3.63) is 35.6 Å². The molecule has 4 nitrogen and oxygen atoms in total. The third-order valence-electron chi connectivity index (χ3n) is 3.94. The van der Waals surface area contributed by atoms with Gasteiger partial charge < -0.3 is 14.4 Å². The lowest BCUT2D eigenvalue weighted by atomic mass is 9.89. The number of piperidine rings is 1. The second kappa shape index (κ2) is 4.70. The Kier molecular flexibility index (Phi) is 3.20. The zero-order valence-corrected chi connectivity index (χ0v) is 12.6. The molecule has 0 unspecified atom stereocenters. The summed E-state index contributed by atoms with van der Waals surface area (Å²) in [5.74, 6) is -0.251. The maximum absolute atomic E-state index is 13.0. The Morgan fingerprint density at radius 2 is 2.05 bits per heavy atom. The van der Waals surface area contributed by atoms with E-state index >= 15 is 0 Å². The smallest absolute Gasteiger partial charge is 0.410 e. The summed E-state index contributed by atoms with van der Waals surface area (Å²) in [6.07, 6.45) is 0.387. The fourth-order valence-electron chi connectivity index (χ4n) is 2.84. The average Bonchev–Trinajstić information content (AvgIpc) is 3.11. The second-order valence-corrected chi connectivity index (χ2v) is 6.68. The predicted octanol–water partition coefficient (Wildman–Crippen LogP) is 3.06. The highest BCUT2D eigenvalue weighted by molar-refractivity contribution is 5.68. The number of hydrogen-bond acceptors (Lipinski definition) is 3. The standard InChI is InChI=1S/C16H20FNO3/c1-15(2,3)21-14(19)18-9-8-16(13(10-18)20-16)11-4-6-12(17)7-5-11/h4-7,13H,8-10H2,1-3H3/t13-,16+/m1/s1. The van der Waals surface area contributed by atoms with Gasteiger partial charge in [0, 0.05) is 13.0 Å². The van der Waals surface area contributed by atoms with E-state index in [1.54, 1.807) is 17.0 Å². The summed E-state index contributed by atoms with van der Waals surface area (Å²) in [6.45, 7) is 6.66. The molecule has 2 fully saturated rings. The number of epoxide rings is 1. The van der Waals surface area contributed by atoms with Gasteiger partial charge in [-0.05, 0) is 38.5 Å². The first-order valence-electron chi connectivity index (χ1n) is 7.22. The van der Waals surface area contributed by atoms with Gasteiger partial charge in [-0.2, -0.15) is 0 Å². The molecular weight excluding hydrogens is 273 g/mol. The van der Waals surface area contributed by atoms with Crippen molar-refractivity contribution in [1.29, 1.82) is 0 Å². The molecule has 3 rings (SSSR count). The van der Waals surface area contributed by atoms with Crippen LogP contribution in [0.1, 0.15) is 32.8 Å². The summed E-state index contributed by atoms with van der Waals surface area (Å²) in [4.78, 5) is 13.7. The Morgan fingerprint density at radius 1 is 1.38 bits per heavy atom. The van der Waals surface area contributed by atoms with E-state index in [0.717, 1.165) is 5.56 Å². The number of hydrogen-bond donors (Lipinski definition) is 0. The second-order valence-electron chi connectivity index (χ2n) is 6.68. The minimum absolute atomic E-state index is 0.0239. The fourth-order valence-corrected chi connectivity index (χ4v) is 2.84. The summed E-state index contributed by atoms with van der Waals surface area (Å²) in [6, 6.07) is 6.42. The summed E-state index contributed by atoms with van der Waals surface area (Å²) in [5, 5.41) is 0. The van der Waals surface area contributed by atoms with Gasteiger partial charge in [0.2, 0.25) is 0 Å². The number of nitrogens with zero attached hydrogens (tertiary/aromatic N) is 1. The van der Waals surface area contributed by atoms with E-state index in [-0.39, 0.29) is 23.6 Å². The van der Waals surface area contributed by atoms with E-state index in [0.29, 0.717) is 19.5 Å². The maximum Gasteiger partial charge on any atom is 0.410 e. The van der Waals surface area contributed by atoms with E-state index in [9.17, 15) is 9.18 Å². The minimum atomic E-state index is -0.493. The van der Waals surface area contributed by atoms with Crippen LogP contribution in [0.2, 0.25) is 0 Å². The van der Waals surface area contributed by atoms with Crippen LogP contribution in [0.4, 0.5) is 9.18 Å². The van der Waals surface area contributed by atoms with Crippen LogP contribution < -0.4 is 0 Å². The molecule has 0 saturated carbocycles. The number of likely N-dealkylation sites (tertiary alicyclic amines) is 1. The van der Waals surface area contributed by atoms with Gasteiger partial charge in [-0.3, -0.25) is 0 Å². The van der Waals surface area contributed by atoms with Crippen LogP contribution >= 0.6 is 0 Å². The van der Waals surface area contributed by atoms with Crippen molar-refractivity contribution in [3.63, 3.8) is 0 Å². The Labute approximate surface area is 123 Å². The molecule has 1 amide bonds. The Hall–Kier alpha value is -1.62. The highest BCUT2D eigenvalue weighted by Crippen LogP contribution is 2.51. The zero-order chi connectivity index (χ0) is 15.3. The SMILES string of the molecule is CC(C)(C)OC(=O)N1CC[C@@]2(c3ccc(F)cc3)O[C@@H]2C1. The molecular formula is C16H20FNO3. The predicted molar refractivity (Wildman–Crippen MR) is 75.4 cm³/mol. The lowest BCUT2D eigenvalue weighted by Gasteiger charge is -2.31. The number of amides is 1. The normalized spacial score (nSPS) is 28.0. The van der Waals surface area contributed by atoms with Crippen molar-refractivity contribution < 1.29 is 18.7 Å². The van der Waals surface area contributed by atoms with Gasteiger partial charge in [0.05, 0.1) is 6.54 Å². The van der Waals surface area contributed by atoms with Gasteiger partial charge in [0.25, 0.3) is 0 Å². The lowest BCUT2D eigenvalue weighted by Crippen LogP contribution is -2.44. The van der Waals surface area contributed by atoms with Crippen LogP contribution in [0.15, 0.2) is 24.3 Å². The van der Waals surface area contributed by atoms with Crippen molar-refractivity contribution in [3.8, 4) is 0 Å². The third kappa shape index (κ3) is 2.75. The van der Waals surface area contributed by atoms with E-state index in [2.05, 4.69) is 0 Å².